The van der Waals surface area contributed by atoms with Crippen LogP contribution in [-0.2, 0) is 16.4 Å². The molecule has 0 aromatic heterocycles. The van der Waals surface area contributed by atoms with Gasteiger partial charge in [0.1, 0.15) is 22.8 Å². The molecular formula is C32H41NO4. The van der Waals surface area contributed by atoms with Gasteiger partial charge in [-0.3, -0.25) is 4.99 Å². The first-order chi connectivity index (χ1) is 17.2. The number of ether oxygens (including phenoxy) is 2. The molecule has 3 aromatic carbocycles. The zero-order valence-electron chi connectivity index (χ0n) is 23.6. The minimum absolute atomic E-state index is 0.114. The van der Waals surface area contributed by atoms with Crippen molar-refractivity contribution in [2.75, 3.05) is 14.2 Å². The van der Waals surface area contributed by atoms with Crippen molar-refractivity contribution in [2.24, 2.45) is 4.99 Å². The summed E-state index contributed by atoms with van der Waals surface area (Å²) in [5, 5.41) is 23.7. The lowest BCUT2D eigenvalue weighted by molar-refractivity contribution is 0.0538. The summed E-state index contributed by atoms with van der Waals surface area (Å²) in [6.07, 6.45) is 1.67. The average Bonchev–Trinajstić information content (AvgIpc) is 2.85. The fourth-order valence-corrected chi connectivity index (χ4v) is 4.57. The normalized spacial score (nSPS) is 13.6. The number of hydrogen-bond donors (Lipinski definition) is 2. The van der Waals surface area contributed by atoms with Crippen molar-refractivity contribution in [3.63, 3.8) is 0 Å². The molecule has 37 heavy (non-hydrogen) atoms. The molecule has 0 saturated carbocycles. The van der Waals surface area contributed by atoms with Crippen LogP contribution in [0.5, 0.6) is 17.2 Å². The van der Waals surface area contributed by atoms with Crippen LogP contribution >= 0.6 is 0 Å². The summed E-state index contributed by atoms with van der Waals surface area (Å²) in [6, 6.07) is 18.2. The molecule has 0 spiro atoms. The highest BCUT2D eigenvalue weighted by atomic mass is 16.5. The first kappa shape index (κ1) is 28.3. The fourth-order valence-electron chi connectivity index (χ4n) is 4.57. The van der Waals surface area contributed by atoms with Gasteiger partial charge in [0.15, 0.2) is 0 Å². The van der Waals surface area contributed by atoms with Crippen molar-refractivity contribution in [2.45, 2.75) is 70.9 Å². The minimum atomic E-state index is -1.57. The molecule has 0 amide bonds. The van der Waals surface area contributed by atoms with Gasteiger partial charge in [0.25, 0.3) is 0 Å². The second-order valence-corrected chi connectivity index (χ2v) is 11.6. The van der Waals surface area contributed by atoms with Crippen LogP contribution in [0, 0.1) is 0 Å². The Morgan fingerprint density at radius 2 is 1.24 bits per heavy atom. The number of nitrogens with zero attached hydrogens (tertiary/aromatic N) is 1. The van der Waals surface area contributed by atoms with E-state index in [1.54, 1.807) is 20.4 Å². The van der Waals surface area contributed by atoms with Crippen molar-refractivity contribution in [3.8, 4) is 17.2 Å². The van der Waals surface area contributed by atoms with Gasteiger partial charge in [0.2, 0.25) is 0 Å². The number of aliphatic imine (C=N–C) groups is 1. The molecule has 0 fully saturated rings. The van der Waals surface area contributed by atoms with Gasteiger partial charge < -0.3 is 19.7 Å². The monoisotopic (exact) mass is 503 g/mol. The van der Waals surface area contributed by atoms with E-state index in [9.17, 15) is 10.2 Å². The van der Waals surface area contributed by atoms with Gasteiger partial charge in [-0.05, 0) is 41.5 Å². The fraction of sp³-hybridized carbons (Fsp3) is 0.406. The highest BCUT2D eigenvalue weighted by Crippen LogP contribution is 2.43. The lowest BCUT2D eigenvalue weighted by Gasteiger charge is -2.35. The summed E-state index contributed by atoms with van der Waals surface area (Å²) in [4.78, 5) is 4.83. The largest absolute Gasteiger partial charge is 0.507 e. The standard InChI is InChI=1S/C32H41NO4/c1-21(33-20-22-18-23(30(2,3)4)19-26(29(22)34)31(5,6)7)32(35,24-14-10-12-16-27(24)36-8)25-15-11-13-17-28(25)37-9/h10-21,34-35H,1-9H3/t21-/m0/s1. The molecule has 0 aliphatic heterocycles. The van der Waals surface area contributed by atoms with Gasteiger partial charge >= 0.3 is 0 Å². The highest BCUT2D eigenvalue weighted by Gasteiger charge is 2.42. The Labute approximate surface area is 221 Å². The predicted octanol–water partition coefficient (Wildman–Crippen LogP) is 6.75. The van der Waals surface area contributed by atoms with Crippen molar-refractivity contribution in [1.82, 2.24) is 0 Å². The second-order valence-electron chi connectivity index (χ2n) is 11.6. The summed E-state index contributed by atoms with van der Waals surface area (Å²) >= 11 is 0. The summed E-state index contributed by atoms with van der Waals surface area (Å²) in [5.41, 5.74) is 1.80. The minimum Gasteiger partial charge on any atom is -0.507 e. The first-order valence-electron chi connectivity index (χ1n) is 12.7. The molecule has 0 heterocycles. The van der Waals surface area contributed by atoms with E-state index in [2.05, 4.69) is 47.6 Å². The van der Waals surface area contributed by atoms with E-state index in [1.807, 2.05) is 61.5 Å². The SMILES string of the molecule is COc1ccccc1C(O)(c1ccccc1OC)[C@H](C)N=Cc1cc(C(C)(C)C)cc(C(C)(C)C)c1O. The maximum absolute atomic E-state index is 12.4. The Balaban J connectivity index is 2.22. The maximum atomic E-state index is 12.4. The molecule has 1 atom stereocenters. The zero-order valence-corrected chi connectivity index (χ0v) is 23.6. The van der Waals surface area contributed by atoms with Gasteiger partial charge in [0, 0.05) is 28.5 Å². The second kappa shape index (κ2) is 10.6. The number of phenolic OH excluding ortho intramolecular Hbond substituents is 1. The molecule has 0 radical (unpaired) electrons. The Morgan fingerprint density at radius 1 is 0.757 bits per heavy atom. The van der Waals surface area contributed by atoms with Crippen molar-refractivity contribution in [1.29, 1.82) is 0 Å². The molecule has 3 rings (SSSR count). The number of methoxy groups -OCH3 is 2. The molecule has 5 nitrogen and oxygen atoms in total. The van der Waals surface area contributed by atoms with E-state index in [-0.39, 0.29) is 16.6 Å². The number of para-hydroxylation sites is 2. The van der Waals surface area contributed by atoms with E-state index in [1.165, 1.54) is 0 Å². The molecule has 3 aromatic rings. The average molecular weight is 504 g/mol. The Bertz CT molecular complexity index is 1220. The molecule has 5 heteroatoms. The van der Waals surface area contributed by atoms with Crippen molar-refractivity contribution in [3.05, 3.63) is 88.5 Å². The first-order valence-corrected chi connectivity index (χ1v) is 12.7. The van der Waals surface area contributed by atoms with E-state index >= 15 is 0 Å². The molecule has 0 aliphatic rings. The number of phenols is 1. The molecule has 0 saturated heterocycles. The van der Waals surface area contributed by atoms with Gasteiger partial charge in [-0.25, -0.2) is 0 Å². The third kappa shape index (κ3) is 5.67. The Kier molecular flexibility index (Phi) is 8.09. The number of aromatic hydroxyl groups is 1. The van der Waals surface area contributed by atoms with Crippen molar-refractivity contribution >= 4 is 6.21 Å². The van der Waals surface area contributed by atoms with Crippen LogP contribution < -0.4 is 9.47 Å². The van der Waals surface area contributed by atoms with Gasteiger partial charge in [-0.1, -0.05) is 84.0 Å². The van der Waals surface area contributed by atoms with E-state index in [4.69, 9.17) is 14.5 Å². The van der Waals surface area contributed by atoms with Crippen LogP contribution in [0.3, 0.4) is 0 Å². The molecular weight excluding hydrogens is 462 g/mol. The summed E-state index contributed by atoms with van der Waals surface area (Å²) in [7, 11) is 3.17. The number of hydrogen-bond acceptors (Lipinski definition) is 5. The smallest absolute Gasteiger partial charge is 0.144 e. The summed E-state index contributed by atoms with van der Waals surface area (Å²) in [5.74, 6) is 1.30. The molecule has 0 unspecified atom stereocenters. The quantitative estimate of drug-likeness (QED) is 0.350. The van der Waals surface area contributed by atoms with Crippen LogP contribution in [-0.4, -0.2) is 36.7 Å². The summed E-state index contributed by atoms with van der Waals surface area (Å²) in [6.45, 7) is 14.6. The van der Waals surface area contributed by atoms with Crippen molar-refractivity contribution < 1.29 is 19.7 Å². The lowest BCUT2D eigenvalue weighted by Crippen LogP contribution is -2.38. The number of aliphatic hydroxyl groups is 1. The third-order valence-corrected chi connectivity index (χ3v) is 6.89. The van der Waals surface area contributed by atoms with Crippen LogP contribution in [0.15, 0.2) is 65.7 Å². The van der Waals surface area contributed by atoms with Gasteiger partial charge in [-0.15, -0.1) is 0 Å². The lowest BCUT2D eigenvalue weighted by atomic mass is 9.78. The molecule has 198 valence electrons. The zero-order chi connectivity index (χ0) is 27.6. The molecule has 2 N–H and O–H groups in total. The number of rotatable bonds is 7. The highest BCUT2D eigenvalue weighted by molar-refractivity contribution is 5.85. The topological polar surface area (TPSA) is 71.3 Å². The number of benzene rings is 3. The van der Waals surface area contributed by atoms with Crippen LogP contribution in [0.4, 0.5) is 0 Å². The van der Waals surface area contributed by atoms with E-state index in [0.29, 0.717) is 28.2 Å². The Morgan fingerprint density at radius 3 is 1.68 bits per heavy atom. The maximum Gasteiger partial charge on any atom is 0.144 e. The molecule has 0 aliphatic carbocycles. The van der Waals surface area contributed by atoms with Gasteiger partial charge in [-0.2, -0.15) is 0 Å². The third-order valence-electron chi connectivity index (χ3n) is 6.89. The molecule has 0 bridgehead atoms. The van der Waals surface area contributed by atoms with E-state index in [0.717, 1.165) is 11.1 Å². The van der Waals surface area contributed by atoms with Gasteiger partial charge in [0.05, 0.1) is 20.3 Å². The summed E-state index contributed by atoms with van der Waals surface area (Å²) < 4.78 is 11.3. The predicted molar refractivity (Wildman–Crippen MR) is 152 cm³/mol. The van der Waals surface area contributed by atoms with Crippen LogP contribution in [0.2, 0.25) is 0 Å². The van der Waals surface area contributed by atoms with E-state index < -0.39 is 11.6 Å². The Hall–Kier alpha value is -3.31. The van der Waals surface area contributed by atoms with Crippen LogP contribution in [0.1, 0.15) is 76.3 Å². The van der Waals surface area contributed by atoms with Crippen LogP contribution in [0.25, 0.3) is 0 Å².